The number of fused-ring (bicyclic) bond motifs is 1. The molecule has 1 aromatic carbocycles. The Hall–Kier alpha value is -0.730. The number of carbonyl (C=O) groups is 2. The number of hydrogen-bond acceptors (Lipinski definition) is 3. The minimum Gasteiger partial charge on any atom is -0.281 e. The Balaban J connectivity index is 2.00. The Morgan fingerprint density at radius 1 is 1.29 bits per heavy atom. The predicted octanol–water partition coefficient (Wildman–Crippen LogP) is 3.99. The molecule has 108 valence electrons. The second kappa shape index (κ2) is 5.81. The van der Waals surface area contributed by atoms with E-state index in [2.05, 4.69) is 50.0 Å². The Kier molecular flexibility index (Phi) is 4.20. The van der Waals surface area contributed by atoms with Gasteiger partial charge in [0.15, 0.2) is 0 Å². The number of hydrogen-bond donors (Lipinski definition) is 0. The lowest BCUT2D eigenvalue weighted by Gasteiger charge is -2.24. The molecule has 0 N–H and O–H groups in total. The molecular formula is C15H11BrINO2S. The van der Waals surface area contributed by atoms with E-state index in [1.807, 2.05) is 18.2 Å². The van der Waals surface area contributed by atoms with E-state index in [0.29, 0.717) is 12.0 Å². The highest BCUT2D eigenvalue weighted by Crippen LogP contribution is 2.35. The number of carbonyl (C=O) groups excluding carboxylic acids is 2. The Bertz CT molecular complexity index is 743. The van der Waals surface area contributed by atoms with Crippen LogP contribution in [0.2, 0.25) is 0 Å². The second-order valence-corrected chi connectivity index (χ2v) is 8.62. The maximum absolute atomic E-state index is 12.2. The van der Waals surface area contributed by atoms with Crippen LogP contribution in [0, 0.1) is 2.88 Å². The fourth-order valence-corrected chi connectivity index (χ4v) is 4.45. The summed E-state index contributed by atoms with van der Waals surface area (Å²) in [7, 11) is 1.53. The summed E-state index contributed by atoms with van der Waals surface area (Å²) in [6.45, 7) is 0. The number of rotatable bonds is 2. The molecule has 2 amide bonds. The molecule has 0 saturated heterocycles. The number of halogens is 2. The van der Waals surface area contributed by atoms with Crippen molar-refractivity contribution in [2.75, 3.05) is 7.05 Å². The first-order chi connectivity index (χ1) is 9.97. The third-order valence-electron chi connectivity index (χ3n) is 3.56. The molecule has 1 aliphatic rings. The molecular weight excluding hydrogens is 465 g/mol. The van der Waals surface area contributed by atoms with Gasteiger partial charge in [0, 0.05) is 12.6 Å². The summed E-state index contributed by atoms with van der Waals surface area (Å²) in [5.41, 5.74) is 3.64. The molecule has 6 heteroatoms. The molecule has 0 radical (unpaired) electrons. The molecule has 0 saturated carbocycles. The average Bonchev–Trinajstić information content (AvgIpc) is 2.90. The zero-order valence-corrected chi connectivity index (χ0v) is 15.7. The third kappa shape index (κ3) is 2.80. The molecule has 2 heterocycles. The highest BCUT2D eigenvalue weighted by atomic mass is 127. The summed E-state index contributed by atoms with van der Waals surface area (Å²) in [5.74, 6) is -0.370. The fourth-order valence-electron chi connectivity index (χ4n) is 2.33. The lowest BCUT2D eigenvalue weighted by molar-refractivity contribution is -0.127. The van der Waals surface area contributed by atoms with Crippen LogP contribution >= 0.6 is 49.9 Å². The maximum atomic E-state index is 12.2. The van der Waals surface area contributed by atoms with Crippen LogP contribution in [0.25, 0.3) is 0 Å². The van der Waals surface area contributed by atoms with Crippen LogP contribution in [-0.4, -0.2) is 23.8 Å². The largest absolute Gasteiger partial charge is 0.281 e. The van der Waals surface area contributed by atoms with Gasteiger partial charge in [-0.15, -0.1) is 11.3 Å². The van der Waals surface area contributed by atoms with Crippen molar-refractivity contribution in [2.24, 2.45) is 0 Å². The van der Waals surface area contributed by atoms with Crippen molar-refractivity contribution in [1.82, 2.24) is 4.90 Å². The first-order valence-electron chi connectivity index (χ1n) is 6.29. The molecule has 2 aromatic rings. The van der Waals surface area contributed by atoms with Gasteiger partial charge < -0.3 is 0 Å². The summed E-state index contributed by atoms with van der Waals surface area (Å²) in [6.07, 6.45) is 0.293. The van der Waals surface area contributed by atoms with Crippen molar-refractivity contribution in [2.45, 2.75) is 11.2 Å². The van der Waals surface area contributed by atoms with Gasteiger partial charge in [-0.2, -0.15) is 0 Å². The number of amides is 2. The van der Waals surface area contributed by atoms with Gasteiger partial charge >= 0.3 is 0 Å². The zero-order valence-electron chi connectivity index (χ0n) is 11.1. The quantitative estimate of drug-likeness (QED) is 0.374. The van der Waals surface area contributed by atoms with E-state index < -0.39 is 0 Å². The average molecular weight is 476 g/mol. The van der Waals surface area contributed by atoms with Gasteiger partial charge in [0.25, 0.3) is 5.91 Å². The Morgan fingerprint density at radius 2 is 2.05 bits per heavy atom. The van der Waals surface area contributed by atoms with E-state index in [1.54, 1.807) is 11.3 Å². The van der Waals surface area contributed by atoms with E-state index in [0.717, 1.165) is 11.1 Å². The summed E-state index contributed by atoms with van der Waals surface area (Å²) in [6, 6.07) is 7.89. The standard InChI is InChI=1S/C15H11BrINO2S/c1-18-13(19)6-8-2-3-9(4-11(8)15(18)20)14(16)10-5-12(17)21-7-10/h2-5,7,14H,6H2,1H3. The van der Waals surface area contributed by atoms with Crippen molar-refractivity contribution in [1.29, 1.82) is 0 Å². The third-order valence-corrected chi connectivity index (χ3v) is 6.42. The van der Waals surface area contributed by atoms with E-state index in [4.69, 9.17) is 0 Å². The number of alkyl halides is 1. The van der Waals surface area contributed by atoms with Crippen LogP contribution in [-0.2, 0) is 11.2 Å². The number of benzene rings is 1. The molecule has 1 unspecified atom stereocenters. The summed E-state index contributed by atoms with van der Waals surface area (Å²) in [4.78, 5) is 25.2. The number of nitrogens with zero attached hydrogens (tertiary/aromatic N) is 1. The van der Waals surface area contributed by atoms with E-state index >= 15 is 0 Å². The minimum absolute atomic E-state index is 0.0540. The number of thiophene rings is 1. The Morgan fingerprint density at radius 3 is 2.71 bits per heavy atom. The molecule has 1 aliphatic heterocycles. The summed E-state index contributed by atoms with van der Waals surface area (Å²) >= 11 is 7.68. The lowest BCUT2D eigenvalue weighted by atomic mass is 9.95. The van der Waals surface area contributed by atoms with Crippen LogP contribution in [0.15, 0.2) is 29.6 Å². The highest BCUT2D eigenvalue weighted by Gasteiger charge is 2.28. The first-order valence-corrected chi connectivity index (χ1v) is 9.16. The maximum Gasteiger partial charge on any atom is 0.260 e. The molecule has 0 fully saturated rings. The minimum atomic E-state index is -0.220. The van der Waals surface area contributed by atoms with Crippen LogP contribution in [0.4, 0.5) is 0 Å². The van der Waals surface area contributed by atoms with Crippen molar-refractivity contribution in [3.8, 4) is 0 Å². The van der Waals surface area contributed by atoms with Gasteiger partial charge in [-0.25, -0.2) is 0 Å². The van der Waals surface area contributed by atoms with Gasteiger partial charge in [-0.1, -0.05) is 28.1 Å². The van der Waals surface area contributed by atoms with Crippen molar-refractivity contribution in [3.63, 3.8) is 0 Å². The van der Waals surface area contributed by atoms with Crippen molar-refractivity contribution >= 4 is 61.7 Å². The van der Waals surface area contributed by atoms with Crippen LogP contribution < -0.4 is 0 Å². The topological polar surface area (TPSA) is 37.4 Å². The van der Waals surface area contributed by atoms with Crippen LogP contribution in [0.5, 0.6) is 0 Å². The fraction of sp³-hybridized carbons (Fsp3) is 0.200. The molecule has 21 heavy (non-hydrogen) atoms. The lowest BCUT2D eigenvalue weighted by Crippen LogP contribution is -2.39. The predicted molar refractivity (Wildman–Crippen MR) is 95.1 cm³/mol. The molecule has 0 spiro atoms. The van der Waals surface area contributed by atoms with Gasteiger partial charge in [0.05, 0.1) is 14.1 Å². The number of imide groups is 1. The van der Waals surface area contributed by atoms with Crippen LogP contribution in [0.1, 0.15) is 31.9 Å². The van der Waals surface area contributed by atoms with E-state index in [1.165, 1.54) is 20.4 Å². The molecule has 1 aromatic heterocycles. The van der Waals surface area contributed by atoms with Crippen LogP contribution in [0.3, 0.4) is 0 Å². The second-order valence-electron chi connectivity index (χ2n) is 4.90. The van der Waals surface area contributed by atoms with Gasteiger partial charge in [-0.05, 0) is 56.8 Å². The molecule has 1 atom stereocenters. The highest BCUT2D eigenvalue weighted by molar-refractivity contribution is 14.1. The normalized spacial score (nSPS) is 16.0. The van der Waals surface area contributed by atoms with E-state index in [9.17, 15) is 9.59 Å². The molecule has 0 bridgehead atoms. The molecule has 3 rings (SSSR count). The van der Waals surface area contributed by atoms with Crippen molar-refractivity contribution < 1.29 is 9.59 Å². The monoisotopic (exact) mass is 475 g/mol. The molecule has 3 nitrogen and oxygen atoms in total. The van der Waals surface area contributed by atoms with Crippen molar-refractivity contribution in [3.05, 3.63) is 54.8 Å². The number of likely N-dealkylation sites (N-methyl/N-ethyl adjacent to an activating group) is 1. The van der Waals surface area contributed by atoms with Gasteiger partial charge in [0.1, 0.15) is 0 Å². The SMILES string of the molecule is CN1C(=O)Cc2ccc(C(Br)c3csc(I)c3)cc2C1=O. The smallest absolute Gasteiger partial charge is 0.260 e. The van der Waals surface area contributed by atoms with Gasteiger partial charge in [0.2, 0.25) is 5.91 Å². The summed E-state index contributed by atoms with van der Waals surface area (Å²) < 4.78 is 1.23. The zero-order chi connectivity index (χ0) is 15.1. The van der Waals surface area contributed by atoms with Gasteiger partial charge in [-0.3, -0.25) is 14.5 Å². The van der Waals surface area contributed by atoms with E-state index in [-0.39, 0.29) is 16.6 Å². The summed E-state index contributed by atoms with van der Waals surface area (Å²) in [5, 5.41) is 2.11. The molecule has 0 aliphatic carbocycles. The Labute approximate surface area is 148 Å². The first kappa shape index (κ1) is 15.2.